The summed E-state index contributed by atoms with van der Waals surface area (Å²) in [5.41, 5.74) is -1.60. The van der Waals surface area contributed by atoms with Crippen molar-refractivity contribution in [3.05, 3.63) is 49.0 Å². The van der Waals surface area contributed by atoms with E-state index in [1.54, 1.807) is 24.3 Å². The number of carbonyl (C=O) groups excluding carboxylic acids is 1. The summed E-state index contributed by atoms with van der Waals surface area (Å²) < 4.78 is 10.7. The molecule has 4 rings (SSSR count). The van der Waals surface area contributed by atoms with Gasteiger partial charge >= 0.3 is 11.9 Å². The lowest BCUT2D eigenvalue weighted by molar-refractivity contribution is -0.157. The lowest BCUT2D eigenvalue weighted by Crippen LogP contribution is -2.58. The molecule has 1 aliphatic rings. The highest BCUT2D eigenvalue weighted by Crippen LogP contribution is 2.36. The van der Waals surface area contributed by atoms with E-state index in [1.165, 1.54) is 24.7 Å². The van der Waals surface area contributed by atoms with E-state index in [2.05, 4.69) is 15.2 Å². The van der Waals surface area contributed by atoms with Crippen LogP contribution < -0.4 is 9.64 Å². The second-order valence-corrected chi connectivity index (χ2v) is 6.42. The van der Waals surface area contributed by atoms with Crippen LogP contribution in [0, 0.1) is 0 Å². The molecule has 1 fully saturated rings. The molecule has 11 nitrogen and oxygen atoms in total. The first-order chi connectivity index (χ1) is 14.4. The minimum atomic E-state index is -2.36. The fourth-order valence-corrected chi connectivity index (χ4v) is 3.24. The number of hydrogen-bond donors (Lipinski definition) is 2. The standard InChI is InChI=1S/C19H14N4O7/c24-15-7-8-19(17(25)26,18(27)28)23(15)12-3-6-14(20-9-12)30-13-4-1-11(2-5-13)16-22-21-10-29-16/h1-6,9-10H,7-8H2,(H,25,26)(H,27,28). The highest BCUT2D eigenvalue weighted by atomic mass is 16.5. The van der Waals surface area contributed by atoms with Gasteiger partial charge in [-0.15, -0.1) is 10.2 Å². The third-order valence-electron chi connectivity index (χ3n) is 4.70. The van der Waals surface area contributed by atoms with E-state index in [4.69, 9.17) is 9.15 Å². The number of carboxylic acid groups (broad SMARTS) is 2. The van der Waals surface area contributed by atoms with Gasteiger partial charge in [0.25, 0.3) is 0 Å². The van der Waals surface area contributed by atoms with Gasteiger partial charge in [-0.25, -0.2) is 14.6 Å². The Bertz CT molecular complexity index is 1080. The van der Waals surface area contributed by atoms with Crippen molar-refractivity contribution in [3.63, 3.8) is 0 Å². The van der Waals surface area contributed by atoms with Crippen molar-refractivity contribution >= 4 is 23.5 Å². The molecular weight excluding hydrogens is 396 g/mol. The summed E-state index contributed by atoms with van der Waals surface area (Å²) in [5.74, 6) is -2.83. The summed E-state index contributed by atoms with van der Waals surface area (Å²) in [6.07, 6.45) is 1.90. The Morgan fingerprint density at radius 2 is 1.83 bits per heavy atom. The van der Waals surface area contributed by atoms with Crippen molar-refractivity contribution in [2.24, 2.45) is 0 Å². The molecule has 0 spiro atoms. The number of aliphatic carboxylic acids is 2. The van der Waals surface area contributed by atoms with E-state index >= 15 is 0 Å². The number of hydrogen-bond acceptors (Lipinski definition) is 8. The molecule has 0 unspecified atom stereocenters. The predicted octanol–water partition coefficient (Wildman–Crippen LogP) is 1.96. The first-order valence-corrected chi connectivity index (χ1v) is 8.72. The largest absolute Gasteiger partial charge is 0.479 e. The Balaban J connectivity index is 1.55. The van der Waals surface area contributed by atoms with Crippen molar-refractivity contribution < 1.29 is 33.8 Å². The van der Waals surface area contributed by atoms with Gasteiger partial charge in [0.05, 0.1) is 11.9 Å². The Morgan fingerprint density at radius 1 is 1.10 bits per heavy atom. The van der Waals surface area contributed by atoms with Crippen molar-refractivity contribution in [2.75, 3.05) is 4.90 Å². The predicted molar refractivity (Wildman–Crippen MR) is 98.8 cm³/mol. The third-order valence-corrected chi connectivity index (χ3v) is 4.70. The Kier molecular flexibility index (Phi) is 4.62. The summed E-state index contributed by atoms with van der Waals surface area (Å²) in [6, 6.07) is 9.57. The van der Waals surface area contributed by atoms with Crippen LogP contribution in [0.15, 0.2) is 53.4 Å². The zero-order chi connectivity index (χ0) is 21.3. The smallest absolute Gasteiger partial charge is 0.341 e. The van der Waals surface area contributed by atoms with Gasteiger partial charge in [-0.3, -0.25) is 9.69 Å². The van der Waals surface area contributed by atoms with Gasteiger partial charge in [-0.05, 0) is 30.3 Å². The normalized spacial score (nSPS) is 15.2. The van der Waals surface area contributed by atoms with Crippen LogP contribution in [0.5, 0.6) is 11.6 Å². The molecule has 0 aliphatic carbocycles. The Morgan fingerprint density at radius 3 is 2.40 bits per heavy atom. The third kappa shape index (κ3) is 3.11. The van der Waals surface area contributed by atoms with Crippen LogP contribution in [-0.2, 0) is 14.4 Å². The number of carbonyl (C=O) groups is 3. The zero-order valence-electron chi connectivity index (χ0n) is 15.3. The quantitative estimate of drug-likeness (QED) is 0.576. The summed E-state index contributed by atoms with van der Waals surface area (Å²) in [5, 5.41) is 26.4. The maximum atomic E-state index is 12.2. The number of pyridine rings is 1. The van der Waals surface area contributed by atoms with Gasteiger partial charge < -0.3 is 19.4 Å². The summed E-state index contributed by atoms with van der Waals surface area (Å²) >= 11 is 0. The zero-order valence-corrected chi connectivity index (χ0v) is 15.3. The van der Waals surface area contributed by atoms with Crippen molar-refractivity contribution in [3.8, 4) is 23.1 Å². The number of ether oxygens (including phenoxy) is 1. The molecule has 0 atom stereocenters. The highest BCUT2D eigenvalue weighted by molar-refractivity contribution is 6.17. The van der Waals surface area contributed by atoms with Gasteiger partial charge in [0, 0.05) is 24.5 Å². The van der Waals surface area contributed by atoms with Crippen molar-refractivity contribution in [1.82, 2.24) is 15.2 Å². The molecule has 152 valence electrons. The number of nitrogens with zero attached hydrogens (tertiary/aromatic N) is 4. The maximum absolute atomic E-state index is 12.2. The average molecular weight is 410 g/mol. The van der Waals surface area contributed by atoms with Crippen LogP contribution in [0.4, 0.5) is 5.69 Å². The molecule has 1 saturated heterocycles. The molecule has 0 bridgehead atoms. The van der Waals surface area contributed by atoms with Crippen LogP contribution in [0.3, 0.4) is 0 Å². The lowest BCUT2D eigenvalue weighted by Gasteiger charge is -2.30. The van der Waals surface area contributed by atoms with Gasteiger partial charge in [0.15, 0.2) is 0 Å². The number of aromatic nitrogens is 3. The van der Waals surface area contributed by atoms with E-state index in [9.17, 15) is 24.6 Å². The molecule has 1 amide bonds. The van der Waals surface area contributed by atoms with Gasteiger partial charge in [-0.2, -0.15) is 0 Å². The first-order valence-electron chi connectivity index (χ1n) is 8.72. The SMILES string of the molecule is O=C1CCC(C(=O)O)(C(=O)O)N1c1ccc(Oc2ccc(-c3nnco3)cc2)nc1. The second-order valence-electron chi connectivity index (χ2n) is 6.42. The van der Waals surface area contributed by atoms with Crippen LogP contribution in [0.1, 0.15) is 12.8 Å². The lowest BCUT2D eigenvalue weighted by atomic mass is 9.96. The summed E-state index contributed by atoms with van der Waals surface area (Å²) in [7, 11) is 0. The fourth-order valence-electron chi connectivity index (χ4n) is 3.24. The molecule has 2 N–H and O–H groups in total. The van der Waals surface area contributed by atoms with Crippen molar-refractivity contribution in [2.45, 2.75) is 18.4 Å². The van der Waals surface area contributed by atoms with Crippen LogP contribution in [0.25, 0.3) is 11.5 Å². The minimum Gasteiger partial charge on any atom is -0.479 e. The van der Waals surface area contributed by atoms with Crippen LogP contribution in [0.2, 0.25) is 0 Å². The second kappa shape index (κ2) is 7.28. The van der Waals surface area contributed by atoms with E-state index in [0.717, 1.165) is 4.90 Å². The number of benzene rings is 1. The van der Waals surface area contributed by atoms with E-state index in [0.29, 0.717) is 17.2 Å². The van der Waals surface area contributed by atoms with Crippen LogP contribution >= 0.6 is 0 Å². The molecule has 30 heavy (non-hydrogen) atoms. The number of amides is 1. The number of carboxylic acids is 2. The van der Waals surface area contributed by atoms with Crippen LogP contribution in [-0.4, -0.2) is 48.8 Å². The molecule has 3 heterocycles. The number of rotatable bonds is 6. The van der Waals surface area contributed by atoms with E-state index in [-0.39, 0.29) is 24.4 Å². The molecule has 0 radical (unpaired) electrons. The fraction of sp³-hybridized carbons (Fsp3) is 0.158. The molecule has 1 aliphatic heterocycles. The van der Waals surface area contributed by atoms with Crippen molar-refractivity contribution in [1.29, 1.82) is 0 Å². The summed E-state index contributed by atoms with van der Waals surface area (Å²) in [4.78, 5) is 40.4. The summed E-state index contributed by atoms with van der Waals surface area (Å²) in [6.45, 7) is 0. The average Bonchev–Trinajstić information content (AvgIpc) is 3.38. The van der Waals surface area contributed by atoms with Gasteiger partial charge in [-0.1, -0.05) is 0 Å². The maximum Gasteiger partial charge on any atom is 0.341 e. The first kappa shape index (κ1) is 19.1. The number of anilines is 1. The minimum absolute atomic E-state index is 0.0568. The molecule has 0 saturated carbocycles. The van der Waals surface area contributed by atoms with Gasteiger partial charge in [0.2, 0.25) is 29.6 Å². The Labute approximate surface area is 168 Å². The molecule has 2 aromatic heterocycles. The molecule has 3 aromatic rings. The topological polar surface area (TPSA) is 156 Å². The molecule has 1 aromatic carbocycles. The highest BCUT2D eigenvalue weighted by Gasteiger charge is 2.58. The monoisotopic (exact) mass is 410 g/mol. The van der Waals surface area contributed by atoms with E-state index in [1.807, 2.05) is 0 Å². The van der Waals surface area contributed by atoms with Gasteiger partial charge in [0.1, 0.15) is 5.75 Å². The van der Waals surface area contributed by atoms with E-state index < -0.39 is 23.4 Å². The molecular formula is C19H14N4O7. The molecule has 11 heteroatoms. The Hall–Kier alpha value is -4.28.